The molecule has 5 nitrogen and oxygen atoms in total. The molecule has 0 aliphatic rings. The Hall–Kier alpha value is -2.30. The van der Waals surface area contributed by atoms with Gasteiger partial charge in [0.05, 0.1) is 5.69 Å². The van der Waals surface area contributed by atoms with Gasteiger partial charge in [0.2, 0.25) is 0 Å². The number of H-pyrrole nitrogens is 1. The highest BCUT2D eigenvalue weighted by atomic mass is 16.4. The van der Waals surface area contributed by atoms with Crippen LogP contribution >= 0.6 is 0 Å². The van der Waals surface area contributed by atoms with Gasteiger partial charge < -0.3 is 10.2 Å². The van der Waals surface area contributed by atoms with Gasteiger partial charge in [-0.15, -0.1) is 0 Å². The molecule has 1 aromatic carbocycles. The number of carboxylic acid groups (broad SMARTS) is 1. The van der Waals surface area contributed by atoms with Crippen molar-refractivity contribution in [3.63, 3.8) is 0 Å². The Morgan fingerprint density at radius 3 is 2.40 bits per heavy atom. The van der Waals surface area contributed by atoms with Crippen LogP contribution < -0.4 is 0 Å². The van der Waals surface area contributed by atoms with E-state index in [1.54, 1.807) is 6.07 Å². The van der Waals surface area contributed by atoms with Crippen molar-refractivity contribution in [2.75, 3.05) is 0 Å². The van der Waals surface area contributed by atoms with E-state index in [-0.39, 0.29) is 16.9 Å². The number of hydrogen-bond donors (Lipinski definition) is 3. The SMILES string of the molecule is Cc1cc(C(C)(C)C)c(O)cc1-c1cc(C(=O)O)[nH]n1. The first-order valence-electron chi connectivity index (χ1n) is 6.33. The van der Waals surface area contributed by atoms with Crippen molar-refractivity contribution in [3.8, 4) is 17.0 Å². The van der Waals surface area contributed by atoms with E-state index < -0.39 is 5.97 Å². The molecule has 0 aliphatic heterocycles. The van der Waals surface area contributed by atoms with Gasteiger partial charge in [0, 0.05) is 5.56 Å². The van der Waals surface area contributed by atoms with E-state index in [2.05, 4.69) is 10.2 Å². The second-order valence-corrected chi connectivity index (χ2v) is 5.91. The summed E-state index contributed by atoms with van der Waals surface area (Å²) in [5.74, 6) is -0.866. The lowest BCUT2D eigenvalue weighted by Gasteiger charge is -2.22. The van der Waals surface area contributed by atoms with E-state index in [0.717, 1.165) is 16.7 Å². The minimum absolute atomic E-state index is 0.0267. The van der Waals surface area contributed by atoms with Crippen LogP contribution in [0.5, 0.6) is 5.75 Å². The van der Waals surface area contributed by atoms with E-state index in [9.17, 15) is 9.90 Å². The molecule has 3 N–H and O–H groups in total. The number of benzene rings is 1. The normalized spacial score (nSPS) is 11.6. The molecule has 0 radical (unpaired) electrons. The molecule has 0 spiro atoms. The quantitative estimate of drug-likeness (QED) is 0.785. The van der Waals surface area contributed by atoms with Crippen molar-refractivity contribution in [3.05, 3.63) is 35.0 Å². The number of rotatable bonds is 2. The Morgan fingerprint density at radius 1 is 1.25 bits per heavy atom. The lowest BCUT2D eigenvalue weighted by atomic mass is 9.84. The van der Waals surface area contributed by atoms with E-state index in [0.29, 0.717) is 5.69 Å². The number of carboxylic acids is 1. The summed E-state index contributed by atoms with van der Waals surface area (Å²) in [7, 11) is 0. The third-order valence-electron chi connectivity index (χ3n) is 3.23. The summed E-state index contributed by atoms with van der Waals surface area (Å²) in [5.41, 5.74) is 2.89. The van der Waals surface area contributed by atoms with E-state index in [1.807, 2.05) is 33.8 Å². The maximum atomic E-state index is 10.9. The summed E-state index contributed by atoms with van der Waals surface area (Å²) >= 11 is 0. The van der Waals surface area contributed by atoms with Crippen LogP contribution in [-0.2, 0) is 5.41 Å². The zero-order chi connectivity index (χ0) is 15.1. The molecule has 106 valence electrons. The summed E-state index contributed by atoms with van der Waals surface area (Å²) in [6.45, 7) is 7.99. The molecular formula is C15H18N2O3. The van der Waals surface area contributed by atoms with E-state index >= 15 is 0 Å². The van der Waals surface area contributed by atoms with Crippen molar-refractivity contribution in [1.29, 1.82) is 0 Å². The highest BCUT2D eigenvalue weighted by Gasteiger charge is 2.20. The van der Waals surface area contributed by atoms with E-state index in [4.69, 9.17) is 5.11 Å². The van der Waals surface area contributed by atoms with Crippen molar-refractivity contribution < 1.29 is 15.0 Å². The molecule has 0 unspecified atom stereocenters. The van der Waals surface area contributed by atoms with Crippen LogP contribution in [0.4, 0.5) is 0 Å². The predicted molar refractivity (Wildman–Crippen MR) is 76.1 cm³/mol. The molecule has 1 aromatic heterocycles. The summed E-state index contributed by atoms with van der Waals surface area (Å²) in [4.78, 5) is 10.9. The number of hydrogen-bond acceptors (Lipinski definition) is 3. The number of phenols is 1. The number of aromatic hydroxyl groups is 1. The standard InChI is InChI=1S/C15H18N2O3/c1-8-5-10(15(2,3)4)13(18)6-9(8)11-7-12(14(19)20)17-16-11/h5-7,18H,1-4H3,(H,16,17)(H,19,20). The number of aromatic nitrogens is 2. The molecule has 2 rings (SSSR count). The average Bonchev–Trinajstić information content (AvgIpc) is 2.79. The fourth-order valence-electron chi connectivity index (χ4n) is 2.14. The van der Waals surface area contributed by atoms with Gasteiger partial charge in [-0.05, 0) is 35.6 Å². The first-order chi connectivity index (χ1) is 9.20. The van der Waals surface area contributed by atoms with Crippen molar-refractivity contribution in [1.82, 2.24) is 10.2 Å². The van der Waals surface area contributed by atoms with Gasteiger partial charge in [-0.25, -0.2) is 4.79 Å². The lowest BCUT2D eigenvalue weighted by Crippen LogP contribution is -2.11. The summed E-state index contributed by atoms with van der Waals surface area (Å²) in [6.07, 6.45) is 0. The smallest absolute Gasteiger partial charge is 0.353 e. The van der Waals surface area contributed by atoms with Crippen LogP contribution in [0.2, 0.25) is 0 Å². The summed E-state index contributed by atoms with van der Waals surface area (Å²) in [5, 5.41) is 25.5. The Morgan fingerprint density at radius 2 is 1.90 bits per heavy atom. The summed E-state index contributed by atoms with van der Waals surface area (Å²) in [6, 6.07) is 5.01. The number of nitrogens with one attached hydrogen (secondary N) is 1. The lowest BCUT2D eigenvalue weighted by molar-refractivity contribution is 0.0690. The van der Waals surface area contributed by atoms with Crippen molar-refractivity contribution in [2.45, 2.75) is 33.1 Å². The zero-order valence-electron chi connectivity index (χ0n) is 12.0. The van der Waals surface area contributed by atoms with Gasteiger partial charge in [0.25, 0.3) is 0 Å². The Bertz CT molecular complexity index is 666. The average molecular weight is 274 g/mol. The molecule has 0 saturated carbocycles. The molecule has 1 heterocycles. The number of aryl methyl sites for hydroxylation is 1. The molecule has 0 atom stereocenters. The third kappa shape index (κ3) is 2.52. The van der Waals surface area contributed by atoms with Crippen LogP contribution in [-0.4, -0.2) is 26.4 Å². The van der Waals surface area contributed by atoms with Gasteiger partial charge in [0.15, 0.2) is 0 Å². The highest BCUT2D eigenvalue weighted by Crippen LogP contribution is 2.36. The molecular weight excluding hydrogens is 256 g/mol. The van der Waals surface area contributed by atoms with Crippen LogP contribution in [0.3, 0.4) is 0 Å². The molecule has 2 aromatic rings. The molecule has 5 heteroatoms. The Balaban J connectivity index is 2.53. The monoisotopic (exact) mass is 274 g/mol. The minimum atomic E-state index is -1.06. The topological polar surface area (TPSA) is 86.2 Å². The number of nitrogens with zero attached hydrogens (tertiary/aromatic N) is 1. The van der Waals surface area contributed by atoms with Gasteiger partial charge in [0.1, 0.15) is 11.4 Å². The number of aromatic carboxylic acids is 1. The third-order valence-corrected chi connectivity index (χ3v) is 3.23. The van der Waals surface area contributed by atoms with Crippen molar-refractivity contribution >= 4 is 5.97 Å². The summed E-state index contributed by atoms with van der Waals surface area (Å²) < 4.78 is 0. The maximum Gasteiger partial charge on any atom is 0.353 e. The predicted octanol–water partition coefficient (Wildman–Crippen LogP) is 3.09. The molecule has 0 saturated heterocycles. The number of phenolic OH excluding ortho intramolecular Hbond substituents is 1. The zero-order valence-corrected chi connectivity index (χ0v) is 12.0. The largest absolute Gasteiger partial charge is 0.508 e. The minimum Gasteiger partial charge on any atom is -0.508 e. The first-order valence-corrected chi connectivity index (χ1v) is 6.33. The van der Waals surface area contributed by atoms with Gasteiger partial charge >= 0.3 is 5.97 Å². The van der Waals surface area contributed by atoms with Gasteiger partial charge in [-0.1, -0.05) is 26.8 Å². The first kappa shape index (κ1) is 14.1. The van der Waals surface area contributed by atoms with Crippen LogP contribution in [0.1, 0.15) is 42.4 Å². The van der Waals surface area contributed by atoms with Gasteiger partial charge in [-0.2, -0.15) is 5.10 Å². The second kappa shape index (κ2) is 4.67. The molecule has 20 heavy (non-hydrogen) atoms. The van der Waals surface area contributed by atoms with Crippen LogP contribution in [0.15, 0.2) is 18.2 Å². The van der Waals surface area contributed by atoms with Gasteiger partial charge in [-0.3, -0.25) is 5.10 Å². The fourth-order valence-corrected chi connectivity index (χ4v) is 2.14. The maximum absolute atomic E-state index is 10.9. The van der Waals surface area contributed by atoms with Crippen LogP contribution in [0, 0.1) is 6.92 Å². The fraction of sp³-hybridized carbons (Fsp3) is 0.333. The van der Waals surface area contributed by atoms with Crippen LogP contribution in [0.25, 0.3) is 11.3 Å². The Kier molecular flexibility index (Phi) is 3.29. The number of carbonyl (C=O) groups is 1. The molecule has 0 amide bonds. The van der Waals surface area contributed by atoms with Crippen molar-refractivity contribution in [2.24, 2.45) is 0 Å². The highest BCUT2D eigenvalue weighted by molar-refractivity contribution is 5.87. The Labute approximate surface area is 117 Å². The number of aromatic amines is 1. The molecule has 0 bridgehead atoms. The molecule has 0 aliphatic carbocycles. The van der Waals surface area contributed by atoms with E-state index in [1.165, 1.54) is 6.07 Å². The second-order valence-electron chi connectivity index (χ2n) is 5.91. The molecule has 0 fully saturated rings.